The summed E-state index contributed by atoms with van der Waals surface area (Å²) in [6.07, 6.45) is -3.98. The molecule has 1 amide bonds. The number of alkyl halides is 3. The second-order valence-corrected chi connectivity index (χ2v) is 5.98. The van der Waals surface area contributed by atoms with Crippen molar-refractivity contribution in [1.82, 2.24) is 4.90 Å². The van der Waals surface area contributed by atoms with Crippen LogP contribution in [0.25, 0.3) is 0 Å². The number of carbonyl (C=O) groups excluding carboxylic acids is 1. The van der Waals surface area contributed by atoms with Crippen molar-refractivity contribution in [2.24, 2.45) is 5.92 Å². The average Bonchev–Trinajstić information content (AvgIpc) is 2.48. The number of carbonyl (C=O) groups is 1. The molecule has 1 saturated heterocycles. The van der Waals surface area contributed by atoms with Crippen LogP contribution in [0.15, 0.2) is 24.3 Å². The van der Waals surface area contributed by atoms with Crippen molar-refractivity contribution in [3.8, 4) is 0 Å². The lowest BCUT2D eigenvalue weighted by Gasteiger charge is -2.34. The van der Waals surface area contributed by atoms with Crippen LogP contribution in [0, 0.1) is 5.92 Å². The van der Waals surface area contributed by atoms with Gasteiger partial charge in [-0.05, 0) is 31.0 Å². The zero-order valence-electron chi connectivity index (χ0n) is 12.9. The van der Waals surface area contributed by atoms with Gasteiger partial charge in [0, 0.05) is 19.5 Å². The van der Waals surface area contributed by atoms with E-state index < -0.39 is 23.8 Å². The van der Waals surface area contributed by atoms with Crippen LogP contribution in [0.1, 0.15) is 25.3 Å². The minimum Gasteiger partial charge on any atom is -0.392 e. The highest BCUT2D eigenvalue weighted by Crippen LogP contribution is 2.34. The van der Waals surface area contributed by atoms with E-state index in [0.717, 1.165) is 19.0 Å². The quantitative estimate of drug-likeness (QED) is 0.892. The van der Waals surface area contributed by atoms with Gasteiger partial charge in [0.1, 0.15) is 0 Å². The Morgan fingerprint density at radius 1 is 1.39 bits per heavy atom. The maximum absolute atomic E-state index is 12.9. The Bertz CT molecular complexity index is 548. The molecule has 128 valence electrons. The number of rotatable bonds is 4. The summed E-state index contributed by atoms with van der Waals surface area (Å²) < 4.78 is 38.6. The van der Waals surface area contributed by atoms with Crippen LogP contribution in [-0.4, -0.2) is 41.7 Å². The molecule has 4 nitrogen and oxygen atoms in total. The fourth-order valence-corrected chi connectivity index (χ4v) is 2.63. The number of β-amino-alcohol motifs (C(OH)–C–C–N with tert-alkyl or cyclic N) is 1. The monoisotopic (exact) mass is 330 g/mol. The Kier molecular flexibility index (Phi) is 5.64. The number of piperidine rings is 1. The zero-order chi connectivity index (χ0) is 17.0. The van der Waals surface area contributed by atoms with E-state index in [-0.39, 0.29) is 18.0 Å². The summed E-state index contributed by atoms with van der Waals surface area (Å²) >= 11 is 0. The number of halogens is 3. The molecule has 1 aromatic carbocycles. The first-order valence-electron chi connectivity index (χ1n) is 7.64. The van der Waals surface area contributed by atoms with E-state index in [9.17, 15) is 23.1 Å². The highest BCUT2D eigenvalue weighted by atomic mass is 19.4. The van der Waals surface area contributed by atoms with Crippen molar-refractivity contribution >= 4 is 11.6 Å². The van der Waals surface area contributed by atoms with Crippen LogP contribution in [-0.2, 0) is 11.0 Å². The summed E-state index contributed by atoms with van der Waals surface area (Å²) in [5, 5.41) is 12.1. The molecule has 0 saturated carbocycles. The summed E-state index contributed by atoms with van der Waals surface area (Å²) in [5.41, 5.74) is -1.08. The maximum Gasteiger partial charge on any atom is 0.418 e. The number of benzene rings is 1. The Labute approximate surface area is 133 Å². The molecule has 23 heavy (non-hydrogen) atoms. The number of anilines is 1. The number of hydrogen-bond acceptors (Lipinski definition) is 3. The minimum absolute atomic E-state index is 0.0906. The summed E-state index contributed by atoms with van der Waals surface area (Å²) in [7, 11) is 0. The molecular weight excluding hydrogens is 309 g/mol. The molecule has 1 heterocycles. The highest BCUT2D eigenvalue weighted by Gasteiger charge is 2.33. The second-order valence-electron chi connectivity index (χ2n) is 5.98. The number of para-hydroxylation sites is 1. The lowest BCUT2D eigenvalue weighted by atomic mass is 9.96. The third kappa shape index (κ3) is 4.94. The summed E-state index contributed by atoms with van der Waals surface area (Å²) in [6.45, 7) is 3.67. The molecule has 2 rings (SSSR count). The lowest BCUT2D eigenvalue weighted by Crippen LogP contribution is -2.43. The van der Waals surface area contributed by atoms with E-state index >= 15 is 0 Å². The van der Waals surface area contributed by atoms with Crippen molar-refractivity contribution in [3.05, 3.63) is 29.8 Å². The molecule has 1 aliphatic rings. The number of nitrogens with zero attached hydrogens (tertiary/aromatic N) is 1. The van der Waals surface area contributed by atoms with Gasteiger partial charge in [-0.1, -0.05) is 19.1 Å². The number of likely N-dealkylation sites (tertiary alicyclic amines) is 1. The van der Waals surface area contributed by atoms with Gasteiger partial charge in [0.2, 0.25) is 5.91 Å². The fraction of sp³-hybridized carbons (Fsp3) is 0.562. The number of hydrogen-bond donors (Lipinski definition) is 2. The number of amides is 1. The van der Waals surface area contributed by atoms with E-state index in [1.54, 1.807) is 0 Å². The van der Waals surface area contributed by atoms with Crippen molar-refractivity contribution in [1.29, 1.82) is 0 Å². The molecule has 2 N–H and O–H groups in total. The zero-order valence-corrected chi connectivity index (χ0v) is 12.9. The standard InChI is InChI=1S/C16H21F3N2O2/c1-11-6-8-21(10-14(11)22)9-7-15(23)20-13-5-3-2-4-12(13)16(17,18)19/h2-5,11,14,22H,6-10H2,1H3,(H,20,23). The predicted octanol–water partition coefficient (Wildman–Crippen LogP) is 2.74. The maximum atomic E-state index is 12.9. The Morgan fingerprint density at radius 2 is 2.09 bits per heavy atom. The highest BCUT2D eigenvalue weighted by molar-refractivity contribution is 5.91. The second kappa shape index (κ2) is 7.31. The van der Waals surface area contributed by atoms with Gasteiger partial charge in [0.05, 0.1) is 17.4 Å². The van der Waals surface area contributed by atoms with E-state index in [2.05, 4.69) is 5.32 Å². The lowest BCUT2D eigenvalue weighted by molar-refractivity contribution is -0.137. The van der Waals surface area contributed by atoms with E-state index in [4.69, 9.17) is 0 Å². The third-order valence-corrected chi connectivity index (χ3v) is 4.16. The number of aliphatic hydroxyl groups is 1. The van der Waals surface area contributed by atoms with Gasteiger partial charge in [-0.15, -0.1) is 0 Å². The molecule has 7 heteroatoms. The molecule has 0 spiro atoms. The summed E-state index contributed by atoms with van der Waals surface area (Å²) in [6, 6.07) is 4.92. The first-order valence-corrected chi connectivity index (χ1v) is 7.64. The number of aliphatic hydroxyl groups excluding tert-OH is 1. The summed E-state index contributed by atoms with van der Waals surface area (Å²) in [5.74, 6) is -0.228. The molecule has 2 atom stereocenters. The third-order valence-electron chi connectivity index (χ3n) is 4.16. The van der Waals surface area contributed by atoms with Gasteiger partial charge < -0.3 is 15.3 Å². The molecule has 1 aliphatic heterocycles. The molecule has 1 fully saturated rings. The molecule has 0 bridgehead atoms. The van der Waals surface area contributed by atoms with Crippen LogP contribution in [0.3, 0.4) is 0 Å². The van der Waals surface area contributed by atoms with Gasteiger partial charge in [-0.2, -0.15) is 13.2 Å². The van der Waals surface area contributed by atoms with Crippen molar-refractivity contribution in [2.45, 2.75) is 32.0 Å². The first-order chi connectivity index (χ1) is 10.8. The van der Waals surface area contributed by atoms with Crippen molar-refractivity contribution in [2.75, 3.05) is 25.0 Å². The number of nitrogens with one attached hydrogen (secondary N) is 1. The predicted molar refractivity (Wildman–Crippen MR) is 80.9 cm³/mol. The van der Waals surface area contributed by atoms with Gasteiger partial charge in [-0.3, -0.25) is 4.79 Å². The van der Waals surface area contributed by atoms with Gasteiger partial charge in [0.15, 0.2) is 0 Å². The van der Waals surface area contributed by atoms with Gasteiger partial charge in [-0.25, -0.2) is 0 Å². The van der Waals surface area contributed by atoms with Crippen molar-refractivity contribution < 1.29 is 23.1 Å². The van der Waals surface area contributed by atoms with E-state index in [1.807, 2.05) is 11.8 Å². The fourth-order valence-electron chi connectivity index (χ4n) is 2.63. The van der Waals surface area contributed by atoms with Crippen LogP contribution in [0.2, 0.25) is 0 Å². The first kappa shape index (κ1) is 17.7. The molecule has 0 aromatic heterocycles. The largest absolute Gasteiger partial charge is 0.418 e. The minimum atomic E-state index is -4.50. The molecule has 0 radical (unpaired) electrons. The topological polar surface area (TPSA) is 52.6 Å². The Balaban J connectivity index is 1.89. The van der Waals surface area contributed by atoms with Crippen molar-refractivity contribution in [3.63, 3.8) is 0 Å². The van der Waals surface area contributed by atoms with E-state index in [1.165, 1.54) is 18.2 Å². The average molecular weight is 330 g/mol. The molecular formula is C16H21F3N2O2. The Hall–Kier alpha value is -1.60. The van der Waals surface area contributed by atoms with Crippen LogP contribution < -0.4 is 5.32 Å². The normalized spacial score (nSPS) is 22.8. The van der Waals surface area contributed by atoms with Gasteiger partial charge in [0.25, 0.3) is 0 Å². The Morgan fingerprint density at radius 3 is 2.74 bits per heavy atom. The van der Waals surface area contributed by atoms with Gasteiger partial charge >= 0.3 is 6.18 Å². The molecule has 0 aliphatic carbocycles. The molecule has 2 unspecified atom stereocenters. The smallest absolute Gasteiger partial charge is 0.392 e. The van der Waals surface area contributed by atoms with Crippen LogP contribution in [0.4, 0.5) is 18.9 Å². The van der Waals surface area contributed by atoms with E-state index in [0.29, 0.717) is 13.1 Å². The molecule has 1 aromatic rings. The SMILES string of the molecule is CC1CCN(CCC(=O)Nc2ccccc2C(F)(F)F)CC1O. The van der Waals surface area contributed by atoms with Crippen LogP contribution >= 0.6 is 0 Å². The summed E-state index contributed by atoms with van der Waals surface area (Å²) in [4.78, 5) is 13.9. The van der Waals surface area contributed by atoms with Crippen LogP contribution in [0.5, 0.6) is 0 Å².